The summed E-state index contributed by atoms with van der Waals surface area (Å²) >= 11 is 0. The van der Waals surface area contributed by atoms with Gasteiger partial charge in [0, 0.05) is 25.7 Å². The molecule has 1 unspecified atom stereocenters. The van der Waals surface area contributed by atoms with E-state index in [2.05, 4.69) is 22.5 Å². The van der Waals surface area contributed by atoms with Crippen molar-refractivity contribution in [3.05, 3.63) is 0 Å². The fraction of sp³-hybridized carbons (Fsp3) is 0.818. The van der Waals surface area contributed by atoms with Crippen LogP contribution in [-0.4, -0.2) is 55.5 Å². The minimum absolute atomic E-state index is 0.0832. The maximum Gasteiger partial charge on any atom is 0.309 e. The molecule has 1 fully saturated rings. The molecule has 0 radical (unpaired) electrons. The molecule has 2 amide bonds. The highest BCUT2D eigenvalue weighted by molar-refractivity contribution is 6.35. The van der Waals surface area contributed by atoms with E-state index in [-0.39, 0.29) is 6.04 Å². The number of hydrogen-bond donors (Lipinski definition) is 3. The van der Waals surface area contributed by atoms with E-state index < -0.39 is 11.8 Å². The quantitative estimate of drug-likeness (QED) is 0.533. The van der Waals surface area contributed by atoms with E-state index in [9.17, 15) is 9.59 Å². The van der Waals surface area contributed by atoms with Crippen LogP contribution in [0, 0.1) is 0 Å². The molecule has 17 heavy (non-hydrogen) atoms. The number of piperidine rings is 1. The summed E-state index contributed by atoms with van der Waals surface area (Å²) in [7, 11) is 0. The Morgan fingerprint density at radius 3 is 2.82 bits per heavy atom. The molecule has 1 heterocycles. The molecular formula is C11H22N4O2. The largest absolute Gasteiger partial charge is 0.347 e. The molecule has 1 aliphatic rings. The number of carbonyl (C=O) groups excluding carboxylic acids is 2. The lowest BCUT2D eigenvalue weighted by Gasteiger charge is -2.32. The molecule has 1 saturated heterocycles. The maximum atomic E-state index is 11.5. The van der Waals surface area contributed by atoms with Crippen LogP contribution in [0.4, 0.5) is 0 Å². The zero-order chi connectivity index (χ0) is 12.7. The summed E-state index contributed by atoms with van der Waals surface area (Å²) in [6.07, 6.45) is 2.00. The highest BCUT2D eigenvalue weighted by atomic mass is 16.2. The number of likely N-dealkylation sites (N-methyl/N-ethyl adjacent to an activating group) is 1. The monoisotopic (exact) mass is 242 g/mol. The molecule has 0 aromatic rings. The van der Waals surface area contributed by atoms with Crippen molar-refractivity contribution in [2.45, 2.75) is 25.8 Å². The standard InChI is InChI=1S/C11H22N4O2/c1-2-15-7-3-4-9(8-15)14-11(17)10(16)13-6-5-12/h9H,2-8,12H2,1H3,(H,13,16)(H,14,17). The summed E-state index contributed by atoms with van der Waals surface area (Å²) in [5, 5.41) is 5.22. The first-order valence-electron chi connectivity index (χ1n) is 6.18. The Bertz CT molecular complexity index is 270. The molecule has 0 aromatic heterocycles. The zero-order valence-electron chi connectivity index (χ0n) is 10.4. The Morgan fingerprint density at radius 2 is 2.18 bits per heavy atom. The van der Waals surface area contributed by atoms with Crippen LogP contribution in [0.1, 0.15) is 19.8 Å². The predicted octanol–water partition coefficient (Wildman–Crippen LogP) is -1.34. The van der Waals surface area contributed by atoms with Gasteiger partial charge < -0.3 is 21.3 Å². The van der Waals surface area contributed by atoms with Crippen molar-refractivity contribution in [3.8, 4) is 0 Å². The SMILES string of the molecule is CCN1CCCC(NC(=O)C(=O)NCCN)C1. The van der Waals surface area contributed by atoms with Crippen LogP contribution in [0.2, 0.25) is 0 Å². The van der Waals surface area contributed by atoms with Gasteiger partial charge >= 0.3 is 11.8 Å². The van der Waals surface area contributed by atoms with Gasteiger partial charge in [-0.05, 0) is 25.9 Å². The Labute approximate surface area is 102 Å². The average Bonchev–Trinajstić information content (AvgIpc) is 2.36. The summed E-state index contributed by atoms with van der Waals surface area (Å²) in [5.74, 6) is -1.15. The van der Waals surface area contributed by atoms with E-state index in [0.29, 0.717) is 13.1 Å². The molecule has 0 spiro atoms. The molecular weight excluding hydrogens is 220 g/mol. The lowest BCUT2D eigenvalue weighted by atomic mass is 10.1. The third-order valence-electron chi connectivity index (χ3n) is 2.92. The van der Waals surface area contributed by atoms with Gasteiger partial charge in [-0.15, -0.1) is 0 Å². The normalized spacial score (nSPS) is 20.9. The second-order valence-electron chi connectivity index (χ2n) is 4.25. The molecule has 0 aromatic carbocycles. The van der Waals surface area contributed by atoms with Crippen molar-refractivity contribution < 1.29 is 9.59 Å². The fourth-order valence-corrected chi connectivity index (χ4v) is 1.98. The van der Waals surface area contributed by atoms with Crippen LogP contribution in [0.5, 0.6) is 0 Å². The van der Waals surface area contributed by atoms with Gasteiger partial charge in [-0.3, -0.25) is 9.59 Å². The first-order chi connectivity index (χ1) is 8.17. The fourth-order valence-electron chi connectivity index (χ4n) is 1.98. The lowest BCUT2D eigenvalue weighted by Crippen LogP contribution is -2.51. The van der Waals surface area contributed by atoms with Gasteiger partial charge in [0.1, 0.15) is 0 Å². The molecule has 1 aliphatic heterocycles. The third kappa shape index (κ3) is 4.70. The number of rotatable bonds is 4. The van der Waals surface area contributed by atoms with Crippen molar-refractivity contribution in [3.63, 3.8) is 0 Å². The van der Waals surface area contributed by atoms with Crippen LogP contribution in [0.15, 0.2) is 0 Å². The minimum Gasteiger partial charge on any atom is -0.347 e. The molecule has 6 heteroatoms. The second-order valence-corrected chi connectivity index (χ2v) is 4.25. The summed E-state index contributed by atoms with van der Waals surface area (Å²) < 4.78 is 0. The minimum atomic E-state index is -0.593. The highest BCUT2D eigenvalue weighted by Crippen LogP contribution is 2.09. The first-order valence-corrected chi connectivity index (χ1v) is 6.18. The van der Waals surface area contributed by atoms with Gasteiger partial charge in [0.05, 0.1) is 0 Å². The molecule has 4 N–H and O–H groups in total. The van der Waals surface area contributed by atoms with E-state index in [1.54, 1.807) is 0 Å². The smallest absolute Gasteiger partial charge is 0.309 e. The average molecular weight is 242 g/mol. The summed E-state index contributed by atoms with van der Waals surface area (Å²) in [4.78, 5) is 25.1. The van der Waals surface area contributed by atoms with Crippen LogP contribution < -0.4 is 16.4 Å². The lowest BCUT2D eigenvalue weighted by molar-refractivity contribution is -0.139. The molecule has 1 atom stereocenters. The van der Waals surface area contributed by atoms with Gasteiger partial charge in [0.25, 0.3) is 0 Å². The summed E-state index contributed by atoms with van der Waals surface area (Å²) in [6, 6.07) is 0.0832. The Morgan fingerprint density at radius 1 is 1.41 bits per heavy atom. The van der Waals surface area contributed by atoms with Gasteiger partial charge in [0.15, 0.2) is 0 Å². The topological polar surface area (TPSA) is 87.5 Å². The number of amides is 2. The number of nitrogens with one attached hydrogen (secondary N) is 2. The third-order valence-corrected chi connectivity index (χ3v) is 2.92. The number of carbonyl (C=O) groups is 2. The van der Waals surface area contributed by atoms with Crippen LogP contribution in [-0.2, 0) is 9.59 Å². The number of nitrogens with two attached hydrogens (primary N) is 1. The van der Waals surface area contributed by atoms with Crippen molar-refractivity contribution in [2.24, 2.45) is 5.73 Å². The van der Waals surface area contributed by atoms with E-state index in [4.69, 9.17) is 5.73 Å². The second kappa shape index (κ2) is 7.24. The molecule has 1 rings (SSSR count). The van der Waals surface area contributed by atoms with Crippen molar-refractivity contribution in [1.82, 2.24) is 15.5 Å². The number of likely N-dealkylation sites (tertiary alicyclic amines) is 1. The zero-order valence-corrected chi connectivity index (χ0v) is 10.4. The first kappa shape index (κ1) is 13.9. The van der Waals surface area contributed by atoms with Gasteiger partial charge in [-0.1, -0.05) is 6.92 Å². The van der Waals surface area contributed by atoms with Crippen molar-refractivity contribution in [1.29, 1.82) is 0 Å². The van der Waals surface area contributed by atoms with E-state index in [1.807, 2.05) is 0 Å². The number of hydrogen-bond acceptors (Lipinski definition) is 4. The van der Waals surface area contributed by atoms with Crippen LogP contribution in [0.3, 0.4) is 0 Å². The molecule has 0 aliphatic carbocycles. The van der Waals surface area contributed by atoms with Gasteiger partial charge in [0.2, 0.25) is 0 Å². The molecule has 0 saturated carbocycles. The molecule has 0 bridgehead atoms. The van der Waals surface area contributed by atoms with E-state index >= 15 is 0 Å². The van der Waals surface area contributed by atoms with E-state index in [1.165, 1.54) is 0 Å². The summed E-state index contributed by atoms with van der Waals surface area (Å²) in [6.45, 7) is 5.64. The van der Waals surface area contributed by atoms with E-state index in [0.717, 1.165) is 32.5 Å². The molecule has 6 nitrogen and oxygen atoms in total. The van der Waals surface area contributed by atoms with Gasteiger partial charge in [-0.25, -0.2) is 0 Å². The Hall–Kier alpha value is -1.14. The van der Waals surface area contributed by atoms with Crippen molar-refractivity contribution in [2.75, 3.05) is 32.7 Å². The predicted molar refractivity (Wildman–Crippen MR) is 65.3 cm³/mol. The van der Waals surface area contributed by atoms with Crippen LogP contribution in [0.25, 0.3) is 0 Å². The maximum absolute atomic E-state index is 11.5. The highest BCUT2D eigenvalue weighted by Gasteiger charge is 2.22. The Kier molecular flexibility index (Phi) is 5.93. The summed E-state index contributed by atoms with van der Waals surface area (Å²) in [5.41, 5.74) is 5.24. The number of nitrogens with zero attached hydrogens (tertiary/aromatic N) is 1. The van der Waals surface area contributed by atoms with Crippen LogP contribution >= 0.6 is 0 Å². The van der Waals surface area contributed by atoms with Crippen molar-refractivity contribution >= 4 is 11.8 Å². The Balaban J connectivity index is 2.32. The van der Waals surface area contributed by atoms with Gasteiger partial charge in [-0.2, -0.15) is 0 Å². The molecule has 98 valence electrons.